The summed E-state index contributed by atoms with van der Waals surface area (Å²) in [6.07, 6.45) is -1.41. The number of fused-ring (bicyclic) bond motifs is 5. The molecule has 3 aromatic rings. The maximum atomic E-state index is 14.0. The summed E-state index contributed by atoms with van der Waals surface area (Å²) in [5.74, 6) is -2.47. The van der Waals surface area contributed by atoms with E-state index in [1.165, 1.54) is 18.4 Å². The second-order valence-corrected chi connectivity index (χ2v) is 13.2. The first-order valence-corrected chi connectivity index (χ1v) is 15.3. The standard InChI is InChI=1S/C30H31F4N5O3S/c1-38-12-17-11-18(13-38)39(17)29-36-21-7-8-22(42-2)24(26(21)43-29)28(41)37-25-15-4-3-14(9-15)23(25)27(40)35-16-5-6-20(31)19(10-16)30(32,33)34/h5-8,10,14-15,17-18,23,25H,3-4,9,11-13H2,1-2H3,(H,35,40)(H,37,41)/t14-,15+,17?,18?,23+,25-/m1/s1. The molecule has 0 radical (unpaired) electrons. The van der Waals surface area contributed by atoms with Gasteiger partial charge >= 0.3 is 6.18 Å². The Bertz CT molecular complexity index is 1600. The van der Waals surface area contributed by atoms with Crippen LogP contribution in [0.5, 0.6) is 5.75 Å². The zero-order chi connectivity index (χ0) is 30.2. The van der Waals surface area contributed by atoms with Gasteiger partial charge in [-0.25, -0.2) is 9.37 Å². The van der Waals surface area contributed by atoms with Crippen molar-refractivity contribution in [2.24, 2.45) is 17.8 Å². The largest absolute Gasteiger partial charge is 0.496 e. The number of piperazine rings is 1. The fraction of sp³-hybridized carbons (Fsp3) is 0.500. The lowest BCUT2D eigenvalue weighted by Crippen LogP contribution is -2.68. The summed E-state index contributed by atoms with van der Waals surface area (Å²) in [7, 11) is 3.62. The van der Waals surface area contributed by atoms with Crippen molar-refractivity contribution >= 4 is 44.2 Å². The van der Waals surface area contributed by atoms with E-state index in [9.17, 15) is 27.2 Å². The van der Waals surface area contributed by atoms with Crippen molar-refractivity contribution in [2.45, 2.75) is 50.0 Å². The summed E-state index contributed by atoms with van der Waals surface area (Å²) in [4.78, 5) is 37.0. The Morgan fingerprint density at radius 2 is 1.81 bits per heavy atom. The van der Waals surface area contributed by atoms with Crippen LogP contribution in [0, 0.1) is 23.6 Å². The number of thiazole rings is 1. The van der Waals surface area contributed by atoms with E-state index in [-0.39, 0.29) is 23.4 Å². The lowest BCUT2D eigenvalue weighted by molar-refractivity contribution is -0.140. The molecular formula is C30H31F4N5O3S. The highest BCUT2D eigenvalue weighted by molar-refractivity contribution is 7.22. The fourth-order valence-corrected chi connectivity index (χ4v) is 8.98. The van der Waals surface area contributed by atoms with Crippen LogP contribution in [0.3, 0.4) is 0 Å². The molecule has 2 amide bonds. The maximum absolute atomic E-state index is 14.0. The van der Waals surface area contributed by atoms with E-state index in [4.69, 9.17) is 9.72 Å². The minimum Gasteiger partial charge on any atom is -0.496 e. The number of likely N-dealkylation sites (N-methyl/N-ethyl adjacent to an activating group) is 1. The van der Waals surface area contributed by atoms with Crippen LogP contribution >= 0.6 is 11.3 Å². The van der Waals surface area contributed by atoms with Gasteiger partial charge in [0.25, 0.3) is 5.91 Å². The molecule has 43 heavy (non-hydrogen) atoms. The summed E-state index contributed by atoms with van der Waals surface area (Å²) in [5, 5.41) is 6.54. The highest BCUT2D eigenvalue weighted by Crippen LogP contribution is 2.49. The number of carbonyl (C=O) groups excluding carboxylic acids is 2. The Morgan fingerprint density at radius 1 is 1.07 bits per heavy atom. The third-order valence-corrected chi connectivity index (χ3v) is 10.7. The number of nitrogens with one attached hydrogen (secondary N) is 2. The van der Waals surface area contributed by atoms with Gasteiger partial charge in [-0.05, 0) is 74.9 Å². The van der Waals surface area contributed by atoms with Crippen molar-refractivity contribution in [1.29, 1.82) is 0 Å². The molecule has 0 spiro atoms. The smallest absolute Gasteiger partial charge is 0.419 e. The molecule has 8 nitrogen and oxygen atoms in total. The van der Waals surface area contributed by atoms with Gasteiger partial charge in [-0.15, -0.1) is 0 Å². The van der Waals surface area contributed by atoms with Crippen molar-refractivity contribution in [3.8, 4) is 5.75 Å². The molecule has 2 aliphatic carbocycles. The van der Waals surface area contributed by atoms with Gasteiger partial charge < -0.3 is 25.2 Å². The van der Waals surface area contributed by atoms with Crippen LogP contribution in [0.25, 0.3) is 10.2 Å². The second kappa shape index (κ2) is 10.3. The van der Waals surface area contributed by atoms with Crippen LogP contribution in [0.4, 0.5) is 28.4 Å². The number of nitrogens with zero attached hydrogens (tertiary/aromatic N) is 3. The number of methoxy groups -OCH3 is 1. The average molecular weight is 618 g/mol. The monoisotopic (exact) mass is 617 g/mol. The number of carbonyl (C=O) groups is 2. The van der Waals surface area contributed by atoms with Crippen LogP contribution < -0.4 is 20.3 Å². The minimum absolute atomic E-state index is 0.0190. The number of halogens is 4. The SMILES string of the molecule is COc1ccc2nc(N3C4CC3CN(C)C4)sc2c1C(=O)N[C@@H]1[C@H]2CC[C@H](C2)[C@@H]1C(=O)Nc1ccc(F)c(C(F)(F)F)c1. The second-order valence-electron chi connectivity index (χ2n) is 12.2. The van der Waals surface area contributed by atoms with Gasteiger partial charge in [0.15, 0.2) is 5.13 Å². The summed E-state index contributed by atoms with van der Waals surface area (Å²) < 4.78 is 59.9. The van der Waals surface area contributed by atoms with Crippen LogP contribution in [-0.2, 0) is 11.0 Å². The van der Waals surface area contributed by atoms with E-state index in [1.54, 1.807) is 6.07 Å². The number of hydrogen-bond donors (Lipinski definition) is 2. The molecule has 7 rings (SSSR count). The minimum atomic E-state index is -4.89. The van der Waals surface area contributed by atoms with Crippen LogP contribution in [0.1, 0.15) is 41.6 Å². The van der Waals surface area contributed by atoms with Gasteiger partial charge in [-0.3, -0.25) is 9.59 Å². The van der Waals surface area contributed by atoms with E-state index in [0.717, 1.165) is 50.0 Å². The summed E-state index contributed by atoms with van der Waals surface area (Å²) in [6.45, 7) is 1.93. The number of ether oxygens (including phenoxy) is 1. The molecular weight excluding hydrogens is 586 g/mol. The Labute approximate surface area is 249 Å². The molecule has 2 saturated heterocycles. The van der Waals surface area contributed by atoms with Gasteiger partial charge in [-0.2, -0.15) is 13.2 Å². The summed E-state index contributed by atoms with van der Waals surface area (Å²) >= 11 is 1.46. The average Bonchev–Trinajstić information content (AvgIpc) is 3.67. The van der Waals surface area contributed by atoms with Crippen LogP contribution in [-0.4, -0.2) is 67.1 Å². The molecule has 3 heterocycles. The molecule has 2 saturated carbocycles. The number of benzene rings is 2. The number of alkyl halides is 3. The normalized spacial score (nSPS) is 28.2. The Hall–Kier alpha value is -3.45. The highest BCUT2D eigenvalue weighted by atomic mass is 32.1. The first kappa shape index (κ1) is 28.3. The molecule has 13 heteroatoms. The predicted molar refractivity (Wildman–Crippen MR) is 154 cm³/mol. The van der Waals surface area contributed by atoms with Crippen molar-refractivity contribution in [2.75, 3.05) is 37.5 Å². The van der Waals surface area contributed by atoms with Crippen molar-refractivity contribution in [3.05, 3.63) is 47.3 Å². The molecule has 6 atom stereocenters. The van der Waals surface area contributed by atoms with E-state index in [2.05, 4.69) is 27.5 Å². The first-order valence-electron chi connectivity index (χ1n) is 14.4. The molecule has 4 aliphatic rings. The van der Waals surface area contributed by atoms with Gasteiger partial charge in [0, 0.05) is 36.9 Å². The number of anilines is 2. The number of amides is 2. The van der Waals surface area contributed by atoms with Crippen LogP contribution in [0.15, 0.2) is 30.3 Å². The van der Waals surface area contributed by atoms with Gasteiger partial charge in [0.1, 0.15) is 17.1 Å². The van der Waals surface area contributed by atoms with Crippen molar-refractivity contribution < 1.29 is 31.9 Å². The molecule has 228 valence electrons. The number of hydrogen-bond acceptors (Lipinski definition) is 7. The van der Waals surface area contributed by atoms with Gasteiger partial charge in [0.05, 0.1) is 28.8 Å². The fourth-order valence-electron chi connectivity index (χ4n) is 7.74. The Kier molecular flexibility index (Phi) is 6.80. The third kappa shape index (κ3) is 4.80. The topological polar surface area (TPSA) is 86.8 Å². The lowest BCUT2D eigenvalue weighted by Gasteiger charge is -2.55. The summed E-state index contributed by atoms with van der Waals surface area (Å²) in [5.41, 5.74) is -0.525. The molecule has 4 fully saturated rings. The maximum Gasteiger partial charge on any atom is 0.419 e. The van der Waals surface area contributed by atoms with E-state index >= 15 is 0 Å². The van der Waals surface area contributed by atoms with Crippen LogP contribution in [0.2, 0.25) is 0 Å². The predicted octanol–water partition coefficient (Wildman–Crippen LogP) is 5.14. The molecule has 2 aliphatic heterocycles. The van der Waals surface area contributed by atoms with Gasteiger partial charge in [0.2, 0.25) is 5.91 Å². The van der Waals surface area contributed by atoms with Crippen molar-refractivity contribution in [1.82, 2.24) is 15.2 Å². The zero-order valence-corrected chi connectivity index (χ0v) is 24.4. The molecule has 2 N–H and O–H groups in total. The zero-order valence-electron chi connectivity index (χ0n) is 23.6. The molecule has 2 unspecified atom stereocenters. The quantitative estimate of drug-likeness (QED) is 0.373. The molecule has 4 bridgehead atoms. The third-order valence-electron chi connectivity index (χ3n) is 9.61. The molecule has 1 aromatic heterocycles. The Balaban J connectivity index is 1.15. The Morgan fingerprint density at radius 3 is 2.53 bits per heavy atom. The lowest BCUT2D eigenvalue weighted by atomic mass is 9.83. The van der Waals surface area contributed by atoms with Gasteiger partial charge in [-0.1, -0.05) is 11.3 Å². The molecule has 2 aromatic carbocycles. The number of likely N-dealkylation sites (tertiary alicyclic amines) is 1. The van der Waals surface area contributed by atoms with E-state index in [0.29, 0.717) is 45.7 Å². The number of piperidine rings is 1. The first-order chi connectivity index (χ1) is 20.5. The van der Waals surface area contributed by atoms with E-state index in [1.807, 2.05) is 6.07 Å². The highest BCUT2D eigenvalue weighted by Gasteiger charge is 2.52. The van der Waals surface area contributed by atoms with E-state index < -0.39 is 35.4 Å². The number of aromatic nitrogens is 1. The van der Waals surface area contributed by atoms with Crippen molar-refractivity contribution in [3.63, 3.8) is 0 Å². The number of rotatable bonds is 6. The summed E-state index contributed by atoms with van der Waals surface area (Å²) in [6, 6.07) is 6.26.